The fourth-order valence-electron chi connectivity index (χ4n) is 2.76. The second-order valence-electron chi connectivity index (χ2n) is 5.52. The lowest BCUT2D eigenvalue weighted by Gasteiger charge is -2.15. The van der Waals surface area contributed by atoms with E-state index in [0.29, 0.717) is 0 Å². The van der Waals surface area contributed by atoms with Gasteiger partial charge in [-0.15, -0.1) is 0 Å². The van der Waals surface area contributed by atoms with Crippen molar-refractivity contribution >= 4 is 16.7 Å². The lowest BCUT2D eigenvalue weighted by Crippen LogP contribution is -2.41. The molecular formula is C17H20N2O2. The summed E-state index contributed by atoms with van der Waals surface area (Å²) >= 11 is 0. The van der Waals surface area contributed by atoms with Gasteiger partial charge in [0, 0.05) is 6.54 Å². The highest BCUT2D eigenvalue weighted by atomic mass is 16.3. The van der Waals surface area contributed by atoms with Gasteiger partial charge in [-0.2, -0.15) is 0 Å². The third-order valence-corrected chi connectivity index (χ3v) is 4.00. The van der Waals surface area contributed by atoms with Crippen LogP contribution >= 0.6 is 0 Å². The molecule has 3 rings (SSSR count). The summed E-state index contributed by atoms with van der Waals surface area (Å²) in [5.41, 5.74) is 0.827. The maximum Gasteiger partial charge on any atom is 0.237 e. The zero-order valence-electron chi connectivity index (χ0n) is 11.9. The van der Waals surface area contributed by atoms with Crippen molar-refractivity contribution in [2.24, 2.45) is 0 Å². The van der Waals surface area contributed by atoms with Crippen molar-refractivity contribution in [2.75, 3.05) is 13.1 Å². The smallest absolute Gasteiger partial charge is 0.237 e. The summed E-state index contributed by atoms with van der Waals surface area (Å²) in [4.78, 5) is 11.9. The summed E-state index contributed by atoms with van der Waals surface area (Å²) in [6.07, 6.45) is 1.23. The molecule has 2 aromatic rings. The van der Waals surface area contributed by atoms with Gasteiger partial charge >= 0.3 is 0 Å². The van der Waals surface area contributed by atoms with Gasteiger partial charge in [0.15, 0.2) is 0 Å². The van der Waals surface area contributed by atoms with E-state index in [0.717, 1.165) is 35.7 Å². The molecule has 110 valence electrons. The summed E-state index contributed by atoms with van der Waals surface area (Å²) in [5, 5.41) is 18.4. The first kappa shape index (κ1) is 14.0. The topological polar surface area (TPSA) is 61.4 Å². The van der Waals surface area contributed by atoms with Crippen LogP contribution in [0.25, 0.3) is 10.8 Å². The van der Waals surface area contributed by atoms with E-state index >= 15 is 0 Å². The molecule has 1 saturated heterocycles. The molecule has 4 heteroatoms. The Morgan fingerprint density at radius 3 is 2.86 bits per heavy atom. The fourth-order valence-corrected chi connectivity index (χ4v) is 2.76. The van der Waals surface area contributed by atoms with E-state index in [-0.39, 0.29) is 18.5 Å². The van der Waals surface area contributed by atoms with Crippen LogP contribution in [0.4, 0.5) is 0 Å². The van der Waals surface area contributed by atoms with Gasteiger partial charge in [-0.25, -0.2) is 0 Å². The number of benzene rings is 2. The lowest BCUT2D eigenvalue weighted by atomic mass is 10.0. The standard InChI is InChI=1S/C17H20N2O2/c20-16(11-19-17(21)15-6-3-9-18-15)14-8-7-12-4-1-2-5-13(12)10-14/h1-2,4-5,7-8,10,15-16,18,20H,3,6,9,11H2,(H,19,21). The van der Waals surface area contributed by atoms with Gasteiger partial charge in [0.25, 0.3) is 0 Å². The minimum absolute atomic E-state index is 0.0210. The number of fused-ring (bicyclic) bond motifs is 1. The third kappa shape index (κ3) is 3.23. The summed E-state index contributed by atoms with van der Waals surface area (Å²) in [6.45, 7) is 1.14. The lowest BCUT2D eigenvalue weighted by molar-refractivity contribution is -0.123. The van der Waals surface area contributed by atoms with Crippen molar-refractivity contribution in [1.29, 1.82) is 0 Å². The summed E-state index contributed by atoms with van der Waals surface area (Å²) in [5.74, 6) is -0.0210. The molecule has 2 aromatic carbocycles. The normalized spacial score (nSPS) is 19.6. The first-order valence-electron chi connectivity index (χ1n) is 7.42. The molecule has 0 bridgehead atoms. The van der Waals surface area contributed by atoms with Crippen LogP contribution in [0.3, 0.4) is 0 Å². The SMILES string of the molecule is O=C(NCC(O)c1ccc2ccccc2c1)C1CCCN1. The van der Waals surface area contributed by atoms with E-state index in [1.165, 1.54) is 0 Å². The number of nitrogens with one attached hydrogen (secondary N) is 2. The van der Waals surface area contributed by atoms with Gasteiger partial charge in [0.05, 0.1) is 12.1 Å². The molecule has 0 radical (unpaired) electrons. The number of hydrogen-bond donors (Lipinski definition) is 3. The van der Waals surface area contributed by atoms with Gasteiger partial charge in [0.2, 0.25) is 5.91 Å². The molecule has 1 aliphatic rings. The predicted molar refractivity (Wildman–Crippen MR) is 82.9 cm³/mol. The average Bonchev–Trinajstić information content (AvgIpc) is 3.06. The highest BCUT2D eigenvalue weighted by molar-refractivity contribution is 5.83. The number of carbonyl (C=O) groups is 1. The predicted octanol–water partition coefficient (Wildman–Crippen LogP) is 1.74. The first-order valence-corrected chi connectivity index (χ1v) is 7.42. The Hall–Kier alpha value is -1.91. The van der Waals surface area contributed by atoms with Crippen molar-refractivity contribution in [3.63, 3.8) is 0 Å². The van der Waals surface area contributed by atoms with Crippen molar-refractivity contribution in [3.05, 3.63) is 48.0 Å². The molecule has 1 aliphatic heterocycles. The highest BCUT2D eigenvalue weighted by Gasteiger charge is 2.22. The molecular weight excluding hydrogens is 264 g/mol. The second-order valence-corrected chi connectivity index (χ2v) is 5.52. The zero-order chi connectivity index (χ0) is 14.7. The van der Waals surface area contributed by atoms with E-state index in [4.69, 9.17) is 0 Å². The fraction of sp³-hybridized carbons (Fsp3) is 0.353. The molecule has 1 amide bonds. The number of amides is 1. The van der Waals surface area contributed by atoms with Gasteiger partial charge in [-0.3, -0.25) is 4.79 Å². The van der Waals surface area contributed by atoms with Gasteiger partial charge in [-0.05, 0) is 41.8 Å². The highest BCUT2D eigenvalue weighted by Crippen LogP contribution is 2.20. The number of aliphatic hydroxyl groups excluding tert-OH is 1. The van der Waals surface area contributed by atoms with Crippen molar-refractivity contribution < 1.29 is 9.90 Å². The van der Waals surface area contributed by atoms with Crippen molar-refractivity contribution in [2.45, 2.75) is 25.0 Å². The molecule has 3 N–H and O–H groups in total. The molecule has 0 spiro atoms. The van der Waals surface area contributed by atoms with Crippen LogP contribution < -0.4 is 10.6 Å². The summed E-state index contributed by atoms with van der Waals surface area (Å²) in [6, 6.07) is 13.8. The van der Waals surface area contributed by atoms with Crippen LogP contribution in [0, 0.1) is 0 Å². The Labute approximate surface area is 124 Å². The van der Waals surface area contributed by atoms with Crippen LogP contribution in [-0.4, -0.2) is 30.1 Å². The van der Waals surface area contributed by atoms with E-state index < -0.39 is 6.10 Å². The molecule has 0 aromatic heterocycles. The Bertz CT molecular complexity index is 635. The molecule has 1 fully saturated rings. The first-order chi connectivity index (χ1) is 10.2. The molecule has 1 heterocycles. The molecule has 4 nitrogen and oxygen atoms in total. The second kappa shape index (κ2) is 6.24. The Balaban J connectivity index is 1.63. The minimum Gasteiger partial charge on any atom is -0.387 e. The summed E-state index contributed by atoms with van der Waals surface area (Å²) < 4.78 is 0. The molecule has 2 unspecified atom stereocenters. The van der Waals surface area contributed by atoms with E-state index in [1.807, 2.05) is 42.5 Å². The van der Waals surface area contributed by atoms with Gasteiger partial charge < -0.3 is 15.7 Å². The van der Waals surface area contributed by atoms with Crippen LogP contribution in [0.5, 0.6) is 0 Å². The van der Waals surface area contributed by atoms with E-state index in [1.54, 1.807) is 0 Å². The summed E-state index contributed by atoms with van der Waals surface area (Å²) in [7, 11) is 0. The average molecular weight is 284 g/mol. The van der Waals surface area contributed by atoms with Gasteiger partial charge in [0.1, 0.15) is 0 Å². The van der Waals surface area contributed by atoms with E-state index in [9.17, 15) is 9.90 Å². The van der Waals surface area contributed by atoms with Gasteiger partial charge in [-0.1, -0.05) is 36.4 Å². The number of hydrogen-bond acceptors (Lipinski definition) is 3. The largest absolute Gasteiger partial charge is 0.387 e. The van der Waals surface area contributed by atoms with Crippen LogP contribution in [0.15, 0.2) is 42.5 Å². The minimum atomic E-state index is -0.681. The van der Waals surface area contributed by atoms with Crippen LogP contribution in [0.1, 0.15) is 24.5 Å². The quantitative estimate of drug-likeness (QED) is 0.801. The maximum atomic E-state index is 11.9. The molecule has 21 heavy (non-hydrogen) atoms. The Morgan fingerprint density at radius 1 is 1.29 bits per heavy atom. The molecule has 0 saturated carbocycles. The Morgan fingerprint density at radius 2 is 2.10 bits per heavy atom. The molecule has 2 atom stereocenters. The number of rotatable bonds is 4. The van der Waals surface area contributed by atoms with Crippen molar-refractivity contribution in [1.82, 2.24) is 10.6 Å². The Kier molecular flexibility index (Phi) is 4.18. The van der Waals surface area contributed by atoms with Crippen LogP contribution in [-0.2, 0) is 4.79 Å². The monoisotopic (exact) mass is 284 g/mol. The number of carbonyl (C=O) groups excluding carboxylic acids is 1. The third-order valence-electron chi connectivity index (χ3n) is 4.00. The number of aliphatic hydroxyl groups is 1. The maximum absolute atomic E-state index is 11.9. The zero-order valence-corrected chi connectivity index (χ0v) is 11.9. The molecule has 0 aliphatic carbocycles. The van der Waals surface area contributed by atoms with Crippen LogP contribution in [0.2, 0.25) is 0 Å². The van der Waals surface area contributed by atoms with E-state index in [2.05, 4.69) is 10.6 Å². The van der Waals surface area contributed by atoms with Crippen molar-refractivity contribution in [3.8, 4) is 0 Å².